The number of carbonyl (C=O) groups is 2. The van der Waals surface area contributed by atoms with Crippen LogP contribution in [0.5, 0.6) is 0 Å². The van der Waals surface area contributed by atoms with Gasteiger partial charge >= 0.3 is 6.16 Å². The summed E-state index contributed by atoms with van der Waals surface area (Å²) in [5.74, 6) is 0. The second kappa shape index (κ2) is 8.70. The van der Waals surface area contributed by atoms with Gasteiger partial charge in [0.25, 0.3) is 0 Å². The minimum Gasteiger partial charge on any atom is -0.435 e. The third-order valence-corrected chi connectivity index (χ3v) is 2.66. The van der Waals surface area contributed by atoms with Crippen molar-refractivity contribution in [2.24, 2.45) is 0 Å². The minimum absolute atomic E-state index is 0.218. The van der Waals surface area contributed by atoms with E-state index in [2.05, 4.69) is 4.74 Å². The SMILES string of the molecule is CCOC(=O)O[C@@H](C#N)CCCc1cccc(C=O)c1. The average molecular weight is 275 g/mol. The molecule has 0 bridgehead atoms. The zero-order valence-electron chi connectivity index (χ0n) is 11.4. The van der Waals surface area contributed by atoms with Crippen molar-refractivity contribution >= 4 is 12.4 Å². The Bertz CT molecular complexity index is 493. The lowest BCUT2D eigenvalue weighted by molar-refractivity contribution is 0.0398. The standard InChI is InChI=1S/C15H17NO4/c1-2-19-15(18)20-14(10-16)8-4-6-12-5-3-7-13(9-12)11-17/h3,5,7,9,11,14H,2,4,6,8H2,1H3/t14-/m1/s1. The number of aldehydes is 1. The molecular weight excluding hydrogens is 258 g/mol. The molecule has 0 aliphatic rings. The van der Waals surface area contributed by atoms with Gasteiger partial charge in [0.15, 0.2) is 6.10 Å². The molecule has 0 radical (unpaired) electrons. The van der Waals surface area contributed by atoms with Gasteiger partial charge in [0.05, 0.1) is 6.61 Å². The average Bonchev–Trinajstić information content (AvgIpc) is 2.46. The van der Waals surface area contributed by atoms with E-state index in [1.807, 2.05) is 18.2 Å². The topological polar surface area (TPSA) is 76.4 Å². The van der Waals surface area contributed by atoms with Crippen LogP contribution in [0.1, 0.15) is 35.7 Å². The molecule has 1 aromatic carbocycles. The van der Waals surface area contributed by atoms with Gasteiger partial charge in [-0.2, -0.15) is 5.26 Å². The summed E-state index contributed by atoms with van der Waals surface area (Å²) in [4.78, 5) is 21.8. The predicted molar refractivity (Wildman–Crippen MR) is 72.3 cm³/mol. The maximum Gasteiger partial charge on any atom is 0.509 e. The fourth-order valence-electron chi connectivity index (χ4n) is 1.73. The normalized spacial score (nSPS) is 11.2. The summed E-state index contributed by atoms with van der Waals surface area (Å²) in [6.45, 7) is 1.89. The Morgan fingerprint density at radius 3 is 2.95 bits per heavy atom. The van der Waals surface area contributed by atoms with Crippen molar-refractivity contribution in [3.63, 3.8) is 0 Å². The Hall–Kier alpha value is -2.35. The zero-order valence-corrected chi connectivity index (χ0v) is 11.4. The Morgan fingerprint density at radius 2 is 2.30 bits per heavy atom. The summed E-state index contributed by atoms with van der Waals surface area (Å²) in [5.41, 5.74) is 1.64. The predicted octanol–water partition coefficient (Wildman–Crippen LogP) is 2.89. The van der Waals surface area contributed by atoms with Crippen molar-refractivity contribution in [3.05, 3.63) is 35.4 Å². The first-order chi connectivity index (χ1) is 9.69. The molecule has 0 unspecified atom stereocenters. The highest BCUT2D eigenvalue weighted by molar-refractivity contribution is 5.74. The molecule has 0 saturated carbocycles. The molecule has 5 heteroatoms. The molecule has 0 spiro atoms. The quantitative estimate of drug-likeness (QED) is 0.565. The van der Waals surface area contributed by atoms with Crippen molar-refractivity contribution in [1.82, 2.24) is 0 Å². The van der Waals surface area contributed by atoms with Crippen LogP contribution in [0, 0.1) is 11.3 Å². The zero-order chi connectivity index (χ0) is 14.8. The largest absolute Gasteiger partial charge is 0.509 e. The van der Waals surface area contributed by atoms with E-state index in [9.17, 15) is 9.59 Å². The van der Waals surface area contributed by atoms with Gasteiger partial charge in [-0.3, -0.25) is 4.79 Å². The lowest BCUT2D eigenvalue weighted by Gasteiger charge is -2.10. The van der Waals surface area contributed by atoms with E-state index in [1.54, 1.807) is 19.1 Å². The number of rotatable bonds is 7. The van der Waals surface area contributed by atoms with Crippen LogP contribution >= 0.6 is 0 Å². The fraction of sp³-hybridized carbons (Fsp3) is 0.400. The number of carbonyl (C=O) groups excluding carboxylic acids is 2. The molecule has 0 heterocycles. The number of nitriles is 1. The monoisotopic (exact) mass is 275 g/mol. The highest BCUT2D eigenvalue weighted by Crippen LogP contribution is 2.10. The van der Waals surface area contributed by atoms with Gasteiger partial charge < -0.3 is 9.47 Å². The number of benzene rings is 1. The van der Waals surface area contributed by atoms with E-state index in [-0.39, 0.29) is 6.61 Å². The summed E-state index contributed by atoms with van der Waals surface area (Å²) in [6.07, 6.45) is 1.00. The summed E-state index contributed by atoms with van der Waals surface area (Å²) in [7, 11) is 0. The van der Waals surface area contributed by atoms with Crippen molar-refractivity contribution in [3.8, 4) is 6.07 Å². The lowest BCUT2D eigenvalue weighted by Crippen LogP contribution is -2.17. The number of hydrogen-bond donors (Lipinski definition) is 0. The van der Waals surface area contributed by atoms with Gasteiger partial charge in [-0.05, 0) is 37.8 Å². The number of hydrogen-bond acceptors (Lipinski definition) is 5. The molecular formula is C15H17NO4. The van der Waals surface area contributed by atoms with Gasteiger partial charge in [0.2, 0.25) is 0 Å². The molecule has 5 nitrogen and oxygen atoms in total. The number of aryl methyl sites for hydroxylation is 1. The van der Waals surface area contributed by atoms with E-state index in [0.717, 1.165) is 11.8 Å². The summed E-state index contributed by atoms with van der Waals surface area (Å²) >= 11 is 0. The first kappa shape index (κ1) is 15.7. The van der Waals surface area contributed by atoms with Crippen molar-refractivity contribution < 1.29 is 19.1 Å². The fourth-order valence-corrected chi connectivity index (χ4v) is 1.73. The smallest absolute Gasteiger partial charge is 0.435 e. The van der Waals surface area contributed by atoms with E-state index >= 15 is 0 Å². The third-order valence-electron chi connectivity index (χ3n) is 2.66. The van der Waals surface area contributed by atoms with Crippen molar-refractivity contribution in [2.45, 2.75) is 32.3 Å². The van der Waals surface area contributed by atoms with E-state index in [1.165, 1.54) is 0 Å². The molecule has 0 aliphatic carbocycles. The molecule has 0 N–H and O–H groups in total. The molecule has 0 aliphatic heterocycles. The minimum atomic E-state index is -0.818. The van der Waals surface area contributed by atoms with Crippen molar-refractivity contribution in [1.29, 1.82) is 5.26 Å². The van der Waals surface area contributed by atoms with Crippen molar-refractivity contribution in [2.75, 3.05) is 6.61 Å². The highest BCUT2D eigenvalue weighted by atomic mass is 16.7. The van der Waals surface area contributed by atoms with Crippen LogP contribution in [0.25, 0.3) is 0 Å². The van der Waals surface area contributed by atoms with Crippen LogP contribution in [-0.2, 0) is 15.9 Å². The molecule has 1 aromatic rings. The van der Waals surface area contributed by atoms with Crippen LogP contribution in [0.2, 0.25) is 0 Å². The molecule has 0 saturated heterocycles. The third kappa shape index (κ3) is 5.53. The summed E-state index contributed by atoms with van der Waals surface area (Å²) in [6, 6.07) is 9.19. The number of nitrogens with zero attached hydrogens (tertiary/aromatic N) is 1. The lowest BCUT2D eigenvalue weighted by atomic mass is 10.0. The van der Waals surface area contributed by atoms with Crippen LogP contribution < -0.4 is 0 Å². The summed E-state index contributed by atoms with van der Waals surface area (Å²) in [5, 5.41) is 8.89. The Morgan fingerprint density at radius 1 is 1.50 bits per heavy atom. The maximum atomic E-state index is 11.1. The molecule has 0 aromatic heterocycles. The van der Waals surface area contributed by atoms with Gasteiger partial charge in [-0.1, -0.05) is 18.2 Å². The highest BCUT2D eigenvalue weighted by Gasteiger charge is 2.13. The Balaban J connectivity index is 2.39. The van der Waals surface area contributed by atoms with E-state index < -0.39 is 12.3 Å². The second-order valence-corrected chi connectivity index (χ2v) is 4.17. The first-order valence-electron chi connectivity index (χ1n) is 6.46. The first-order valence-corrected chi connectivity index (χ1v) is 6.46. The maximum absolute atomic E-state index is 11.1. The van der Waals surface area contributed by atoms with Crippen LogP contribution in [0.15, 0.2) is 24.3 Å². The van der Waals surface area contributed by atoms with E-state index in [0.29, 0.717) is 24.8 Å². The van der Waals surface area contributed by atoms with Crippen LogP contribution in [0.4, 0.5) is 4.79 Å². The Kier molecular flexibility index (Phi) is 6.83. The van der Waals surface area contributed by atoms with Gasteiger partial charge in [0.1, 0.15) is 12.4 Å². The molecule has 0 amide bonds. The van der Waals surface area contributed by atoms with Gasteiger partial charge in [-0.25, -0.2) is 4.79 Å². The van der Waals surface area contributed by atoms with Gasteiger partial charge in [0, 0.05) is 5.56 Å². The molecule has 0 fully saturated rings. The second-order valence-electron chi connectivity index (χ2n) is 4.17. The van der Waals surface area contributed by atoms with E-state index in [4.69, 9.17) is 10.00 Å². The van der Waals surface area contributed by atoms with Crippen LogP contribution in [0.3, 0.4) is 0 Å². The summed E-state index contributed by atoms with van der Waals surface area (Å²) < 4.78 is 9.46. The molecule has 1 atom stereocenters. The Labute approximate surface area is 118 Å². The molecule has 1 rings (SSSR count). The molecule has 20 heavy (non-hydrogen) atoms. The van der Waals surface area contributed by atoms with Gasteiger partial charge in [-0.15, -0.1) is 0 Å². The van der Waals surface area contributed by atoms with Crippen LogP contribution in [-0.4, -0.2) is 25.2 Å². The number of ether oxygens (including phenoxy) is 2. The molecule has 106 valence electrons.